The van der Waals surface area contributed by atoms with Crippen molar-refractivity contribution in [3.05, 3.63) is 41.5 Å². The van der Waals surface area contributed by atoms with E-state index in [2.05, 4.69) is 20.2 Å². The molecule has 162 valence electrons. The van der Waals surface area contributed by atoms with E-state index in [9.17, 15) is 18.0 Å². The first kappa shape index (κ1) is 22.1. The van der Waals surface area contributed by atoms with Crippen LogP contribution in [-0.4, -0.2) is 36.8 Å². The summed E-state index contributed by atoms with van der Waals surface area (Å²) in [5.74, 6) is 0.950. The highest BCUT2D eigenvalue weighted by atomic mass is 32.2. The Morgan fingerprint density at radius 3 is 2.43 bits per heavy atom. The van der Waals surface area contributed by atoms with Gasteiger partial charge in [0.25, 0.3) is 0 Å². The monoisotopic (exact) mass is 434 g/mol. The number of ketones is 1. The molecular weight excluding hydrogens is 408 g/mol. The van der Waals surface area contributed by atoms with Crippen LogP contribution in [-0.2, 0) is 14.8 Å². The highest BCUT2D eigenvalue weighted by molar-refractivity contribution is 7.89. The number of carbonyl (C=O) groups is 2. The fourth-order valence-corrected chi connectivity index (χ4v) is 3.92. The van der Waals surface area contributed by atoms with Crippen molar-refractivity contribution in [1.29, 1.82) is 0 Å². The summed E-state index contributed by atoms with van der Waals surface area (Å²) in [7, 11) is -3.78. The second-order valence-corrected chi connectivity index (χ2v) is 9.55. The molecule has 0 radical (unpaired) electrons. The predicted octanol–water partition coefficient (Wildman–Crippen LogP) is 2.33. The van der Waals surface area contributed by atoms with Crippen LogP contribution in [0.4, 0.5) is 0 Å². The van der Waals surface area contributed by atoms with Crippen LogP contribution in [0.15, 0.2) is 33.7 Å². The van der Waals surface area contributed by atoms with Crippen molar-refractivity contribution >= 4 is 21.7 Å². The topological polar surface area (TPSA) is 131 Å². The molecule has 1 amide bonds. The lowest BCUT2D eigenvalue weighted by Gasteiger charge is -2.18. The molecule has 1 fully saturated rings. The molecule has 10 heteroatoms. The summed E-state index contributed by atoms with van der Waals surface area (Å²) in [5.41, 5.74) is 0.430. The molecule has 1 atom stereocenters. The molecule has 0 aliphatic heterocycles. The molecule has 1 saturated carbocycles. The van der Waals surface area contributed by atoms with E-state index < -0.39 is 16.1 Å². The largest absolute Gasteiger partial charge is 0.344 e. The van der Waals surface area contributed by atoms with E-state index in [1.54, 1.807) is 0 Å². The first-order valence-corrected chi connectivity index (χ1v) is 11.4. The third-order valence-corrected chi connectivity index (χ3v) is 6.34. The molecular formula is C20H26N4O5S. The average molecular weight is 435 g/mol. The van der Waals surface area contributed by atoms with Gasteiger partial charge in [-0.3, -0.25) is 9.59 Å². The number of amides is 1. The number of nitrogens with zero attached hydrogens (tertiary/aromatic N) is 2. The van der Waals surface area contributed by atoms with E-state index in [1.807, 2.05) is 13.8 Å². The van der Waals surface area contributed by atoms with Gasteiger partial charge in [0.1, 0.15) is 6.04 Å². The second kappa shape index (κ2) is 9.05. The fourth-order valence-electron chi connectivity index (χ4n) is 2.89. The smallest absolute Gasteiger partial charge is 0.249 e. The number of benzene rings is 1. The van der Waals surface area contributed by atoms with Gasteiger partial charge in [0, 0.05) is 24.4 Å². The first-order valence-electron chi connectivity index (χ1n) is 9.91. The summed E-state index contributed by atoms with van der Waals surface area (Å²) in [6.07, 6.45) is 2.06. The van der Waals surface area contributed by atoms with Crippen molar-refractivity contribution < 1.29 is 22.5 Å². The molecule has 3 rings (SSSR count). The Hall–Kier alpha value is -2.59. The maximum atomic E-state index is 12.4. The standard InChI is InChI=1S/C20H26N4O5S/c1-12(2)18(20-23-19(24-29-20)15-4-5-15)22-17(26)10-11-21-30(27,28)16-8-6-14(7-9-16)13(3)25/h6-9,12,15,18,21H,4-5,10-11H2,1-3H3,(H,22,26). The minimum atomic E-state index is -3.78. The summed E-state index contributed by atoms with van der Waals surface area (Å²) >= 11 is 0. The second-order valence-electron chi connectivity index (χ2n) is 7.78. The highest BCUT2D eigenvalue weighted by Gasteiger charge is 2.31. The molecule has 2 aromatic rings. The lowest BCUT2D eigenvalue weighted by molar-refractivity contribution is -0.122. The van der Waals surface area contributed by atoms with E-state index in [1.165, 1.54) is 31.2 Å². The minimum absolute atomic E-state index is 0.0259. The van der Waals surface area contributed by atoms with E-state index in [4.69, 9.17) is 4.52 Å². The molecule has 9 nitrogen and oxygen atoms in total. The summed E-state index contributed by atoms with van der Waals surface area (Å²) in [5, 5.41) is 6.83. The Bertz CT molecular complexity index is 1010. The summed E-state index contributed by atoms with van der Waals surface area (Å²) < 4.78 is 32.4. The molecule has 1 unspecified atom stereocenters. The highest BCUT2D eigenvalue weighted by Crippen LogP contribution is 2.38. The van der Waals surface area contributed by atoms with Crippen molar-refractivity contribution in [1.82, 2.24) is 20.2 Å². The van der Waals surface area contributed by atoms with Gasteiger partial charge in [-0.05, 0) is 37.8 Å². The van der Waals surface area contributed by atoms with E-state index in [0.29, 0.717) is 23.2 Å². The van der Waals surface area contributed by atoms with Gasteiger partial charge in [0.15, 0.2) is 11.6 Å². The zero-order chi connectivity index (χ0) is 21.9. The van der Waals surface area contributed by atoms with Gasteiger partial charge in [0.05, 0.1) is 4.90 Å². The van der Waals surface area contributed by atoms with E-state index in [0.717, 1.165) is 12.8 Å². The lowest BCUT2D eigenvalue weighted by Crippen LogP contribution is -2.35. The normalized spacial score (nSPS) is 15.2. The Balaban J connectivity index is 1.53. The number of nitrogens with one attached hydrogen (secondary N) is 2. The molecule has 1 heterocycles. The first-order chi connectivity index (χ1) is 14.2. The molecule has 1 aliphatic carbocycles. The zero-order valence-corrected chi connectivity index (χ0v) is 18.0. The zero-order valence-electron chi connectivity index (χ0n) is 17.2. The molecule has 30 heavy (non-hydrogen) atoms. The number of carbonyl (C=O) groups excluding carboxylic acids is 2. The third-order valence-electron chi connectivity index (χ3n) is 4.86. The van der Waals surface area contributed by atoms with Gasteiger partial charge >= 0.3 is 0 Å². The van der Waals surface area contributed by atoms with Crippen molar-refractivity contribution in [3.8, 4) is 0 Å². The molecule has 0 saturated heterocycles. The Morgan fingerprint density at radius 2 is 1.87 bits per heavy atom. The lowest BCUT2D eigenvalue weighted by atomic mass is 10.0. The minimum Gasteiger partial charge on any atom is -0.344 e. The van der Waals surface area contributed by atoms with E-state index in [-0.39, 0.29) is 35.5 Å². The number of sulfonamides is 1. The van der Waals surface area contributed by atoms with Crippen molar-refractivity contribution in [2.75, 3.05) is 6.54 Å². The van der Waals surface area contributed by atoms with Crippen LogP contribution in [0.3, 0.4) is 0 Å². The van der Waals surface area contributed by atoms with Gasteiger partial charge in [0.2, 0.25) is 21.8 Å². The van der Waals surface area contributed by atoms with Gasteiger partial charge < -0.3 is 9.84 Å². The van der Waals surface area contributed by atoms with Gasteiger partial charge in [-0.25, -0.2) is 13.1 Å². The van der Waals surface area contributed by atoms with Crippen molar-refractivity contribution in [2.24, 2.45) is 5.92 Å². The number of hydrogen-bond donors (Lipinski definition) is 2. The van der Waals surface area contributed by atoms with Crippen LogP contribution >= 0.6 is 0 Å². The fraction of sp³-hybridized carbons (Fsp3) is 0.500. The molecule has 2 N–H and O–H groups in total. The van der Waals surface area contributed by atoms with Crippen LogP contribution in [0.2, 0.25) is 0 Å². The Morgan fingerprint density at radius 1 is 1.20 bits per heavy atom. The van der Waals surface area contributed by atoms with Crippen LogP contribution in [0.5, 0.6) is 0 Å². The van der Waals surface area contributed by atoms with E-state index >= 15 is 0 Å². The summed E-state index contributed by atoms with van der Waals surface area (Å²) in [6.45, 7) is 5.20. The molecule has 1 aliphatic rings. The molecule has 1 aromatic carbocycles. The number of aromatic nitrogens is 2. The summed E-state index contributed by atoms with van der Waals surface area (Å²) in [4.78, 5) is 28.1. The predicted molar refractivity (Wildman–Crippen MR) is 108 cm³/mol. The van der Waals surface area contributed by atoms with Crippen LogP contribution in [0.1, 0.15) is 74.1 Å². The van der Waals surface area contributed by atoms with Gasteiger partial charge in [-0.2, -0.15) is 4.98 Å². The van der Waals surface area contributed by atoms with Crippen LogP contribution in [0, 0.1) is 5.92 Å². The Labute approximate surface area is 175 Å². The summed E-state index contributed by atoms with van der Waals surface area (Å²) in [6, 6.07) is 5.20. The maximum Gasteiger partial charge on any atom is 0.249 e. The number of Topliss-reactive ketones (excluding diaryl/α,β-unsaturated/α-hetero) is 1. The number of rotatable bonds is 10. The Kier molecular flexibility index (Phi) is 6.67. The molecule has 0 bridgehead atoms. The molecule has 0 spiro atoms. The quantitative estimate of drug-likeness (QED) is 0.549. The van der Waals surface area contributed by atoms with Crippen LogP contribution < -0.4 is 10.0 Å². The van der Waals surface area contributed by atoms with Crippen molar-refractivity contribution in [2.45, 2.75) is 56.9 Å². The van der Waals surface area contributed by atoms with Gasteiger partial charge in [-0.15, -0.1) is 0 Å². The van der Waals surface area contributed by atoms with Gasteiger partial charge in [-0.1, -0.05) is 31.1 Å². The molecule has 1 aromatic heterocycles. The van der Waals surface area contributed by atoms with Crippen molar-refractivity contribution in [3.63, 3.8) is 0 Å². The van der Waals surface area contributed by atoms with Crippen LogP contribution in [0.25, 0.3) is 0 Å². The SMILES string of the molecule is CC(=O)c1ccc(S(=O)(=O)NCCC(=O)NC(c2nc(C3CC3)no2)C(C)C)cc1. The average Bonchev–Trinajstić information content (AvgIpc) is 3.43. The third kappa shape index (κ3) is 5.51. The maximum absolute atomic E-state index is 12.4. The number of hydrogen-bond acceptors (Lipinski definition) is 7.